The third-order valence-corrected chi connectivity index (χ3v) is 2.97. The number of phenolic OH excluding ortho intramolecular Hbond substituents is 1. The smallest absolute Gasteiger partial charge is 0.416 e. The highest BCUT2D eigenvalue weighted by Gasteiger charge is 2.30. The molecule has 2 radical (unpaired) electrons. The number of nitrogens with zero attached hydrogens (tertiary/aromatic N) is 1. The van der Waals surface area contributed by atoms with Crippen molar-refractivity contribution in [1.82, 2.24) is 0 Å². The van der Waals surface area contributed by atoms with Gasteiger partial charge in [-0.1, -0.05) is 29.2 Å². The molecule has 2 aromatic rings. The van der Waals surface area contributed by atoms with E-state index in [0.717, 1.165) is 18.2 Å². The average Bonchev–Trinajstić information content (AvgIpc) is 2.40. The van der Waals surface area contributed by atoms with Crippen molar-refractivity contribution in [2.45, 2.75) is 6.18 Å². The van der Waals surface area contributed by atoms with E-state index in [4.69, 9.17) is 19.4 Å². The lowest BCUT2D eigenvalue weighted by Gasteiger charge is -2.07. The Bertz CT molecular complexity index is 701. The number of rotatable bonds is 2. The fraction of sp³-hybridized carbons (Fsp3) is 0.0714. The number of aliphatic imine (C=N–C) groups is 1. The van der Waals surface area contributed by atoms with Crippen molar-refractivity contribution in [3.8, 4) is 5.75 Å². The van der Waals surface area contributed by atoms with E-state index < -0.39 is 11.7 Å². The topological polar surface area (TPSA) is 32.6 Å². The van der Waals surface area contributed by atoms with Crippen molar-refractivity contribution < 1.29 is 18.3 Å². The summed E-state index contributed by atoms with van der Waals surface area (Å²) < 4.78 is 37.5. The number of aromatic hydroxyl groups is 1. The number of hydrogen-bond donors (Lipinski definition) is 1. The molecular formula is C14H8BClF3NO. The number of halogens is 4. The Hall–Kier alpha value is -1.95. The van der Waals surface area contributed by atoms with E-state index in [9.17, 15) is 18.3 Å². The molecule has 7 heteroatoms. The minimum atomic E-state index is -4.46. The third-order valence-electron chi connectivity index (χ3n) is 2.67. The number of benzene rings is 2. The summed E-state index contributed by atoms with van der Waals surface area (Å²) in [6, 6.07) is 7.23. The van der Waals surface area contributed by atoms with Crippen LogP contribution in [0.25, 0.3) is 0 Å². The molecule has 0 atom stereocenters. The molecule has 2 nitrogen and oxygen atoms in total. The first-order chi connectivity index (χ1) is 9.77. The lowest BCUT2D eigenvalue weighted by Crippen LogP contribution is -2.04. The van der Waals surface area contributed by atoms with Crippen molar-refractivity contribution >= 4 is 36.8 Å². The van der Waals surface area contributed by atoms with Gasteiger partial charge in [0.05, 0.1) is 16.3 Å². The Kier molecular flexibility index (Phi) is 4.28. The summed E-state index contributed by atoms with van der Waals surface area (Å²) in [6.07, 6.45) is -3.18. The molecule has 0 unspecified atom stereocenters. The van der Waals surface area contributed by atoms with Crippen LogP contribution >= 0.6 is 11.6 Å². The van der Waals surface area contributed by atoms with Gasteiger partial charge in [0.1, 0.15) is 13.6 Å². The number of phenols is 1. The molecule has 1 N–H and O–H groups in total. The van der Waals surface area contributed by atoms with Gasteiger partial charge in [-0.15, -0.1) is 0 Å². The molecule has 0 heterocycles. The van der Waals surface area contributed by atoms with Gasteiger partial charge >= 0.3 is 6.18 Å². The van der Waals surface area contributed by atoms with Crippen molar-refractivity contribution in [1.29, 1.82) is 0 Å². The van der Waals surface area contributed by atoms with Crippen LogP contribution in [-0.4, -0.2) is 19.2 Å². The van der Waals surface area contributed by atoms with Gasteiger partial charge in [0, 0.05) is 11.8 Å². The van der Waals surface area contributed by atoms with Gasteiger partial charge in [-0.2, -0.15) is 13.2 Å². The molecule has 2 rings (SSSR count). The molecule has 0 aromatic heterocycles. The van der Waals surface area contributed by atoms with E-state index in [2.05, 4.69) is 4.99 Å². The Labute approximate surface area is 125 Å². The first-order valence-electron chi connectivity index (χ1n) is 5.76. The molecule has 0 fully saturated rings. The summed E-state index contributed by atoms with van der Waals surface area (Å²) >= 11 is 5.77. The Morgan fingerprint density at radius 2 is 1.86 bits per heavy atom. The van der Waals surface area contributed by atoms with Gasteiger partial charge in [0.15, 0.2) is 0 Å². The SMILES string of the molecule is [B]c1ccc(O)c(C=Nc2ccc(C(F)(F)F)cc2Cl)c1. The van der Waals surface area contributed by atoms with E-state index >= 15 is 0 Å². The second-order valence-electron chi connectivity index (χ2n) is 4.24. The third kappa shape index (κ3) is 3.79. The Balaban J connectivity index is 2.32. The lowest BCUT2D eigenvalue weighted by molar-refractivity contribution is -0.137. The average molecular weight is 309 g/mol. The van der Waals surface area contributed by atoms with Crippen LogP contribution in [0.2, 0.25) is 5.02 Å². The van der Waals surface area contributed by atoms with Crippen LogP contribution in [0.5, 0.6) is 5.75 Å². The zero-order valence-corrected chi connectivity index (χ0v) is 11.3. The summed E-state index contributed by atoms with van der Waals surface area (Å²) in [6.45, 7) is 0. The van der Waals surface area contributed by atoms with Gasteiger partial charge in [-0.3, -0.25) is 4.99 Å². The van der Waals surface area contributed by atoms with Crippen molar-refractivity contribution in [2.75, 3.05) is 0 Å². The zero-order valence-electron chi connectivity index (χ0n) is 10.5. The van der Waals surface area contributed by atoms with Crippen LogP contribution in [0.1, 0.15) is 11.1 Å². The zero-order chi connectivity index (χ0) is 15.6. The van der Waals surface area contributed by atoms with Gasteiger partial charge in [0.2, 0.25) is 0 Å². The normalized spacial score (nSPS) is 12.0. The summed E-state index contributed by atoms with van der Waals surface area (Å²) in [5.74, 6) is -0.0454. The predicted molar refractivity (Wildman–Crippen MR) is 77.2 cm³/mol. The monoisotopic (exact) mass is 309 g/mol. The van der Waals surface area contributed by atoms with E-state index in [1.807, 2.05) is 0 Å². The van der Waals surface area contributed by atoms with Crippen LogP contribution < -0.4 is 5.46 Å². The van der Waals surface area contributed by atoms with E-state index in [-0.39, 0.29) is 16.5 Å². The minimum absolute atomic E-state index is 0.0454. The van der Waals surface area contributed by atoms with E-state index in [0.29, 0.717) is 11.0 Å². The van der Waals surface area contributed by atoms with Crippen LogP contribution in [-0.2, 0) is 6.18 Å². The van der Waals surface area contributed by atoms with E-state index in [1.54, 1.807) is 0 Å². The quantitative estimate of drug-likeness (QED) is 0.667. The molecule has 0 aliphatic carbocycles. The maximum absolute atomic E-state index is 12.5. The van der Waals surface area contributed by atoms with Crippen molar-refractivity contribution in [3.05, 3.63) is 52.5 Å². The first-order valence-corrected chi connectivity index (χ1v) is 6.14. The summed E-state index contributed by atoms with van der Waals surface area (Å²) in [5, 5.41) is 9.47. The molecule has 0 saturated heterocycles. The van der Waals surface area contributed by atoms with Crippen molar-refractivity contribution in [2.24, 2.45) is 4.99 Å². The molecule has 0 aliphatic rings. The standard InChI is InChI=1S/C14H8BClF3NO/c15-10-2-4-13(21)8(5-10)7-20-12-3-1-9(6-11(12)16)14(17,18)19/h1-7,21H. The fourth-order valence-corrected chi connectivity index (χ4v) is 1.83. The van der Waals surface area contributed by atoms with Crippen molar-refractivity contribution in [3.63, 3.8) is 0 Å². The number of hydrogen-bond acceptors (Lipinski definition) is 2. The molecule has 2 aromatic carbocycles. The molecule has 0 spiro atoms. The molecular weight excluding hydrogens is 301 g/mol. The first kappa shape index (κ1) is 15.4. The summed E-state index contributed by atoms with van der Waals surface area (Å²) in [4.78, 5) is 3.96. The second-order valence-corrected chi connectivity index (χ2v) is 4.65. The predicted octanol–water partition coefficient (Wildman–Crippen LogP) is 3.61. The fourth-order valence-electron chi connectivity index (χ4n) is 1.60. The van der Waals surface area contributed by atoms with Gasteiger partial charge < -0.3 is 5.11 Å². The molecule has 21 heavy (non-hydrogen) atoms. The minimum Gasteiger partial charge on any atom is -0.507 e. The number of alkyl halides is 3. The molecule has 0 bridgehead atoms. The van der Waals surface area contributed by atoms with E-state index in [1.165, 1.54) is 24.4 Å². The van der Waals surface area contributed by atoms with Gasteiger partial charge in [-0.05, 0) is 24.3 Å². The van der Waals surface area contributed by atoms with Gasteiger partial charge in [0.25, 0.3) is 0 Å². The maximum Gasteiger partial charge on any atom is 0.416 e. The van der Waals surface area contributed by atoms with Crippen LogP contribution in [0.3, 0.4) is 0 Å². The molecule has 0 aliphatic heterocycles. The Morgan fingerprint density at radius 1 is 1.14 bits per heavy atom. The molecule has 0 amide bonds. The lowest BCUT2D eigenvalue weighted by atomic mass is 9.94. The van der Waals surface area contributed by atoms with Crippen LogP contribution in [0.4, 0.5) is 18.9 Å². The second kappa shape index (κ2) is 5.81. The largest absolute Gasteiger partial charge is 0.507 e. The summed E-state index contributed by atoms with van der Waals surface area (Å²) in [5.41, 5.74) is 0.0727. The van der Waals surface area contributed by atoms with Crippen LogP contribution in [0, 0.1) is 0 Å². The highest BCUT2D eigenvalue weighted by molar-refractivity contribution is 6.33. The highest BCUT2D eigenvalue weighted by Crippen LogP contribution is 2.34. The summed E-state index contributed by atoms with van der Waals surface area (Å²) in [7, 11) is 5.57. The van der Waals surface area contributed by atoms with Gasteiger partial charge in [-0.25, -0.2) is 0 Å². The molecule has 106 valence electrons. The maximum atomic E-state index is 12.5. The van der Waals surface area contributed by atoms with Crippen LogP contribution in [0.15, 0.2) is 41.4 Å². The highest BCUT2D eigenvalue weighted by atomic mass is 35.5. The molecule has 0 saturated carbocycles. The Morgan fingerprint density at radius 3 is 2.48 bits per heavy atom.